The molecule has 0 saturated carbocycles. The van der Waals surface area contributed by atoms with Crippen LogP contribution in [0, 0.1) is 0 Å². The van der Waals surface area contributed by atoms with Crippen molar-refractivity contribution >= 4 is 35.8 Å². The Hall–Kier alpha value is -1.36. The molecule has 0 bridgehead atoms. The number of nitrogens with zero attached hydrogens (tertiary/aromatic N) is 2. The van der Waals surface area contributed by atoms with Gasteiger partial charge in [0.15, 0.2) is 0 Å². The summed E-state index contributed by atoms with van der Waals surface area (Å²) in [5, 5.41) is 0. The average Bonchev–Trinajstić information content (AvgIpc) is 2.84. The smallest absolute Gasteiger partial charge is 0.0557 e. The number of fused-ring (bicyclic) bond motifs is 1. The number of unbranched alkanes of at least 4 members (excludes halogenated alkanes) is 2. The van der Waals surface area contributed by atoms with Gasteiger partial charge in [-0.25, -0.2) is 0 Å². The SMILES string of the molecule is CC.C\C=C/C=C(\C=C/C)CSN1C/C=C\c2ccccc2N(C(CCCC)CCCC)S1. The first-order chi connectivity index (χ1) is 16.2. The lowest BCUT2D eigenvalue weighted by atomic mass is 10.0. The topological polar surface area (TPSA) is 6.48 Å². The van der Waals surface area contributed by atoms with Crippen LogP contribution in [0.15, 0.2) is 66.3 Å². The van der Waals surface area contributed by atoms with E-state index >= 15 is 0 Å². The van der Waals surface area contributed by atoms with Gasteiger partial charge in [-0.3, -0.25) is 4.31 Å². The van der Waals surface area contributed by atoms with Crippen LogP contribution in [0.4, 0.5) is 5.69 Å². The number of allylic oxidation sites excluding steroid dienone is 5. The van der Waals surface area contributed by atoms with Crippen LogP contribution in [-0.2, 0) is 0 Å². The van der Waals surface area contributed by atoms with Gasteiger partial charge in [0.25, 0.3) is 0 Å². The van der Waals surface area contributed by atoms with E-state index in [1.54, 1.807) is 0 Å². The van der Waals surface area contributed by atoms with Crippen molar-refractivity contribution in [1.82, 2.24) is 3.71 Å². The van der Waals surface area contributed by atoms with E-state index in [0.29, 0.717) is 6.04 Å². The Kier molecular flexibility index (Phi) is 17.1. The number of para-hydroxylation sites is 1. The van der Waals surface area contributed by atoms with Crippen molar-refractivity contribution in [2.45, 2.75) is 86.1 Å². The van der Waals surface area contributed by atoms with E-state index < -0.39 is 0 Å². The minimum atomic E-state index is 0.564. The lowest BCUT2D eigenvalue weighted by Crippen LogP contribution is -2.33. The molecule has 0 N–H and O–H groups in total. The highest BCUT2D eigenvalue weighted by Crippen LogP contribution is 2.39. The maximum atomic E-state index is 2.61. The number of benzene rings is 1. The van der Waals surface area contributed by atoms with Crippen molar-refractivity contribution in [3.63, 3.8) is 0 Å². The van der Waals surface area contributed by atoms with Crippen LogP contribution in [0.3, 0.4) is 0 Å². The zero-order valence-corrected chi connectivity index (χ0v) is 23.4. The van der Waals surface area contributed by atoms with Gasteiger partial charge < -0.3 is 0 Å². The monoisotopic (exact) mass is 486 g/mol. The second-order valence-corrected chi connectivity index (χ2v) is 10.1. The fraction of sp³-hybridized carbons (Fsp3) is 0.517. The summed E-state index contributed by atoms with van der Waals surface area (Å²) in [5.41, 5.74) is 4.03. The fourth-order valence-electron chi connectivity index (χ4n) is 3.60. The fourth-order valence-corrected chi connectivity index (χ4v) is 5.79. The van der Waals surface area contributed by atoms with Gasteiger partial charge in [0.1, 0.15) is 0 Å². The molecular formula is C29H46N2S2. The number of anilines is 1. The first kappa shape index (κ1) is 29.7. The summed E-state index contributed by atoms with van der Waals surface area (Å²) in [6, 6.07) is 9.45. The van der Waals surface area contributed by atoms with Gasteiger partial charge in [-0.15, -0.1) is 0 Å². The van der Waals surface area contributed by atoms with Crippen LogP contribution in [0.2, 0.25) is 0 Å². The first-order valence-electron chi connectivity index (χ1n) is 12.8. The van der Waals surface area contributed by atoms with Crippen molar-refractivity contribution < 1.29 is 0 Å². The molecule has 1 heterocycles. The van der Waals surface area contributed by atoms with Gasteiger partial charge in [0, 0.05) is 18.3 Å². The average molecular weight is 487 g/mol. The molecule has 2 nitrogen and oxygen atoms in total. The summed E-state index contributed by atoms with van der Waals surface area (Å²) < 4.78 is 5.06. The molecular weight excluding hydrogens is 440 g/mol. The number of hydrogen-bond acceptors (Lipinski definition) is 4. The molecule has 1 aromatic rings. The zero-order chi connectivity index (χ0) is 24.3. The quantitative estimate of drug-likeness (QED) is 0.214. The second-order valence-electron chi connectivity index (χ2n) is 7.86. The third-order valence-corrected chi connectivity index (χ3v) is 7.69. The van der Waals surface area contributed by atoms with Crippen LogP contribution in [0.25, 0.3) is 6.08 Å². The molecule has 4 heteroatoms. The molecule has 0 spiro atoms. The van der Waals surface area contributed by atoms with E-state index in [-0.39, 0.29) is 0 Å². The van der Waals surface area contributed by atoms with Gasteiger partial charge in [-0.05, 0) is 43.9 Å². The summed E-state index contributed by atoms with van der Waals surface area (Å²) in [6.07, 6.45) is 23.0. The Bertz CT molecular complexity index is 744. The Morgan fingerprint density at radius 1 is 1.06 bits per heavy atom. The minimum absolute atomic E-state index is 0.564. The largest absolute Gasteiger partial charge is 0.299 e. The summed E-state index contributed by atoms with van der Waals surface area (Å²) in [4.78, 5) is 0. The normalized spacial score (nSPS) is 16.0. The molecule has 0 atom stereocenters. The third-order valence-electron chi connectivity index (χ3n) is 5.28. The summed E-state index contributed by atoms with van der Waals surface area (Å²) in [5.74, 6) is 0.972. The van der Waals surface area contributed by atoms with Gasteiger partial charge >= 0.3 is 0 Å². The molecule has 1 aromatic carbocycles. The maximum absolute atomic E-state index is 2.61. The zero-order valence-electron chi connectivity index (χ0n) is 21.8. The summed E-state index contributed by atoms with van der Waals surface area (Å²) >= 11 is 3.82. The molecule has 1 aliphatic heterocycles. The third kappa shape index (κ3) is 11.1. The lowest BCUT2D eigenvalue weighted by molar-refractivity contribution is 0.523. The van der Waals surface area contributed by atoms with Crippen LogP contribution in [0.1, 0.15) is 85.6 Å². The van der Waals surface area contributed by atoms with Crippen molar-refractivity contribution in [3.05, 3.63) is 71.9 Å². The van der Waals surface area contributed by atoms with E-state index in [1.165, 1.54) is 55.3 Å². The van der Waals surface area contributed by atoms with Crippen molar-refractivity contribution in [1.29, 1.82) is 0 Å². The molecule has 0 amide bonds. The van der Waals surface area contributed by atoms with Crippen LogP contribution in [0.5, 0.6) is 0 Å². The molecule has 184 valence electrons. The Morgan fingerprint density at radius 3 is 2.39 bits per heavy atom. The molecule has 0 fully saturated rings. The Morgan fingerprint density at radius 2 is 1.76 bits per heavy atom. The molecule has 0 saturated heterocycles. The van der Waals surface area contributed by atoms with Gasteiger partial charge in [-0.1, -0.05) is 126 Å². The highest BCUT2D eigenvalue weighted by Gasteiger charge is 2.25. The van der Waals surface area contributed by atoms with Crippen molar-refractivity contribution in [3.8, 4) is 0 Å². The lowest BCUT2D eigenvalue weighted by Gasteiger charge is -2.37. The standard InChI is InChI=1S/C27H40N2S2.C2H6/c1-5-9-16-24(15-8-4)23-30-28-22-14-18-25-17-12-13-21-27(25)29(31-28)26(19-10-6-2)20-11-7-3;1-2/h5,8-9,12-18,21,26H,6-7,10-11,19-20,22-23H2,1-4H3;1-2H3/b9-5-,15-8-,18-14-,24-16+;. The van der Waals surface area contributed by atoms with Gasteiger partial charge in [0.05, 0.1) is 17.8 Å². The predicted molar refractivity (Wildman–Crippen MR) is 157 cm³/mol. The van der Waals surface area contributed by atoms with Crippen molar-refractivity contribution in [2.75, 3.05) is 16.6 Å². The van der Waals surface area contributed by atoms with E-state index in [1.807, 2.05) is 37.9 Å². The molecule has 2 rings (SSSR count). The van der Waals surface area contributed by atoms with Crippen LogP contribution < -0.4 is 4.31 Å². The molecule has 33 heavy (non-hydrogen) atoms. The highest BCUT2D eigenvalue weighted by molar-refractivity contribution is 8.12. The van der Waals surface area contributed by atoms with E-state index in [4.69, 9.17) is 0 Å². The molecule has 0 unspecified atom stereocenters. The van der Waals surface area contributed by atoms with Crippen molar-refractivity contribution in [2.24, 2.45) is 0 Å². The van der Waals surface area contributed by atoms with Crippen LogP contribution in [-0.4, -0.2) is 22.0 Å². The van der Waals surface area contributed by atoms with Gasteiger partial charge in [-0.2, -0.15) is 3.71 Å². The highest BCUT2D eigenvalue weighted by atomic mass is 32.2. The first-order valence-corrected chi connectivity index (χ1v) is 14.5. The number of hydrogen-bond donors (Lipinski definition) is 0. The summed E-state index contributed by atoms with van der Waals surface area (Å²) in [6.45, 7) is 13.7. The predicted octanol–water partition coefficient (Wildman–Crippen LogP) is 9.89. The van der Waals surface area contributed by atoms with E-state index in [9.17, 15) is 0 Å². The van der Waals surface area contributed by atoms with Crippen LogP contribution >= 0.6 is 24.1 Å². The summed E-state index contributed by atoms with van der Waals surface area (Å²) in [7, 11) is 0. The molecule has 0 aromatic heterocycles. The van der Waals surface area contributed by atoms with Gasteiger partial charge in [0.2, 0.25) is 0 Å². The molecule has 1 aliphatic rings. The second kappa shape index (κ2) is 19.0. The van der Waals surface area contributed by atoms with E-state index in [0.717, 1.165) is 12.3 Å². The van der Waals surface area contributed by atoms with E-state index in [2.05, 4.69) is 103 Å². The Labute approximate surface area is 213 Å². The number of rotatable bonds is 12. The Balaban J connectivity index is 0.00000265. The minimum Gasteiger partial charge on any atom is -0.299 e. The molecule has 0 aliphatic carbocycles. The molecule has 0 radical (unpaired) electrons. The maximum Gasteiger partial charge on any atom is 0.0557 e.